The highest BCUT2D eigenvalue weighted by Gasteiger charge is 2.15. The lowest BCUT2D eigenvalue weighted by Crippen LogP contribution is -2.30. The van der Waals surface area contributed by atoms with Gasteiger partial charge in [-0.1, -0.05) is 42.5 Å². The van der Waals surface area contributed by atoms with Crippen LogP contribution in [0, 0.1) is 6.92 Å². The van der Waals surface area contributed by atoms with Crippen molar-refractivity contribution in [2.45, 2.75) is 32.6 Å². The Morgan fingerprint density at radius 3 is 2.68 bits per heavy atom. The van der Waals surface area contributed by atoms with Crippen LogP contribution in [0.25, 0.3) is 5.57 Å². The van der Waals surface area contributed by atoms with E-state index in [1.165, 1.54) is 22.3 Å². The molecule has 1 heterocycles. The number of rotatable bonds is 9. The molecule has 0 saturated heterocycles. The van der Waals surface area contributed by atoms with Gasteiger partial charge in [-0.15, -0.1) is 0 Å². The molecule has 3 rings (SSSR count). The molecule has 1 aliphatic rings. The minimum Gasteiger partial charge on any atom is -0.494 e. The number of hydrogen-bond donors (Lipinski definition) is 1. The van der Waals surface area contributed by atoms with Crippen LogP contribution >= 0.6 is 0 Å². The number of carboxylic acid groups (broad SMARTS) is 1. The van der Waals surface area contributed by atoms with E-state index in [1.807, 2.05) is 6.07 Å². The summed E-state index contributed by atoms with van der Waals surface area (Å²) in [5.41, 5.74) is 5.19. The van der Waals surface area contributed by atoms with Crippen molar-refractivity contribution in [2.75, 3.05) is 26.2 Å². The molecule has 28 heavy (non-hydrogen) atoms. The van der Waals surface area contributed by atoms with Crippen molar-refractivity contribution < 1.29 is 14.6 Å². The van der Waals surface area contributed by atoms with Gasteiger partial charge < -0.3 is 9.84 Å². The SMILES string of the molecule is Cc1cc(OCCCc2ccccc2)ccc1C1=CCN(CCC(=O)O)CC1. The van der Waals surface area contributed by atoms with Crippen molar-refractivity contribution in [3.63, 3.8) is 0 Å². The molecule has 0 aromatic heterocycles. The lowest BCUT2D eigenvalue weighted by atomic mass is 9.95. The fourth-order valence-electron chi connectivity index (χ4n) is 3.61. The third kappa shape index (κ3) is 5.96. The number of carbonyl (C=O) groups is 1. The second-order valence-electron chi connectivity index (χ2n) is 7.34. The van der Waals surface area contributed by atoms with E-state index in [4.69, 9.17) is 9.84 Å². The Bertz CT molecular complexity index is 814. The summed E-state index contributed by atoms with van der Waals surface area (Å²) in [5.74, 6) is 0.193. The molecule has 148 valence electrons. The molecule has 4 nitrogen and oxygen atoms in total. The third-order valence-corrected chi connectivity index (χ3v) is 5.20. The summed E-state index contributed by atoms with van der Waals surface area (Å²) in [6.07, 6.45) is 5.43. The van der Waals surface area contributed by atoms with Gasteiger partial charge in [0.05, 0.1) is 13.0 Å². The van der Waals surface area contributed by atoms with Crippen LogP contribution in [0.2, 0.25) is 0 Å². The molecule has 0 fully saturated rings. The highest BCUT2D eigenvalue weighted by Crippen LogP contribution is 2.28. The quantitative estimate of drug-likeness (QED) is 0.649. The van der Waals surface area contributed by atoms with Gasteiger partial charge in [0.1, 0.15) is 5.75 Å². The molecule has 0 radical (unpaired) electrons. The summed E-state index contributed by atoms with van der Waals surface area (Å²) < 4.78 is 5.94. The molecule has 1 aliphatic heterocycles. The van der Waals surface area contributed by atoms with Gasteiger partial charge in [-0.05, 0) is 60.6 Å². The van der Waals surface area contributed by atoms with Crippen LogP contribution in [-0.4, -0.2) is 42.2 Å². The molecule has 0 amide bonds. The Labute approximate surface area is 167 Å². The number of ether oxygens (including phenoxy) is 1. The van der Waals surface area contributed by atoms with Crippen LogP contribution in [0.4, 0.5) is 0 Å². The van der Waals surface area contributed by atoms with Crippen LogP contribution in [0.15, 0.2) is 54.6 Å². The van der Waals surface area contributed by atoms with E-state index in [-0.39, 0.29) is 6.42 Å². The molecule has 4 heteroatoms. The summed E-state index contributed by atoms with van der Waals surface area (Å²) in [6.45, 7) is 5.20. The predicted octanol–water partition coefficient (Wildman–Crippen LogP) is 4.57. The minimum atomic E-state index is -0.732. The van der Waals surface area contributed by atoms with Gasteiger partial charge in [0.25, 0.3) is 0 Å². The van der Waals surface area contributed by atoms with Gasteiger partial charge in [0.15, 0.2) is 0 Å². The van der Waals surface area contributed by atoms with Gasteiger partial charge in [-0.3, -0.25) is 9.69 Å². The average Bonchev–Trinajstić information content (AvgIpc) is 2.71. The largest absolute Gasteiger partial charge is 0.494 e. The van der Waals surface area contributed by atoms with Crippen LogP contribution in [-0.2, 0) is 11.2 Å². The van der Waals surface area contributed by atoms with Crippen molar-refractivity contribution in [1.82, 2.24) is 4.90 Å². The smallest absolute Gasteiger partial charge is 0.304 e. The molecule has 2 aromatic carbocycles. The summed E-state index contributed by atoms with van der Waals surface area (Å²) >= 11 is 0. The molecule has 1 N–H and O–H groups in total. The molecule has 0 saturated carbocycles. The number of aliphatic carboxylic acids is 1. The number of hydrogen-bond acceptors (Lipinski definition) is 3. The van der Waals surface area contributed by atoms with Crippen molar-refractivity contribution in [1.29, 1.82) is 0 Å². The number of aryl methyl sites for hydroxylation is 2. The van der Waals surface area contributed by atoms with Gasteiger partial charge in [0.2, 0.25) is 0 Å². The Hall–Kier alpha value is -2.59. The standard InChI is InChI=1S/C24H29NO3/c1-19-18-22(28-17-5-8-20-6-3-2-4-7-20)9-10-23(19)21-11-14-25(15-12-21)16-13-24(26)27/h2-4,6-7,9-11,18H,5,8,12-17H2,1H3,(H,26,27). The normalized spacial score (nSPS) is 14.5. The minimum absolute atomic E-state index is 0.207. The Morgan fingerprint density at radius 1 is 1.18 bits per heavy atom. The van der Waals surface area contributed by atoms with Crippen LogP contribution in [0.5, 0.6) is 5.75 Å². The number of carboxylic acids is 1. The molecular formula is C24H29NO3. The molecule has 0 bridgehead atoms. The van der Waals surface area contributed by atoms with Crippen molar-refractivity contribution in [3.05, 3.63) is 71.3 Å². The Kier molecular flexibility index (Phi) is 7.26. The number of benzene rings is 2. The van der Waals surface area contributed by atoms with E-state index >= 15 is 0 Å². The lowest BCUT2D eigenvalue weighted by molar-refractivity contribution is -0.137. The van der Waals surface area contributed by atoms with Crippen LogP contribution in [0.1, 0.15) is 36.0 Å². The molecule has 2 aromatic rings. The lowest BCUT2D eigenvalue weighted by Gasteiger charge is -2.26. The zero-order chi connectivity index (χ0) is 19.8. The van der Waals surface area contributed by atoms with E-state index in [0.29, 0.717) is 6.54 Å². The van der Waals surface area contributed by atoms with E-state index in [2.05, 4.69) is 60.4 Å². The van der Waals surface area contributed by atoms with E-state index in [9.17, 15) is 4.79 Å². The maximum atomic E-state index is 10.7. The third-order valence-electron chi connectivity index (χ3n) is 5.20. The molecule has 0 unspecified atom stereocenters. The molecule has 0 aliphatic carbocycles. The van der Waals surface area contributed by atoms with E-state index < -0.39 is 5.97 Å². The van der Waals surface area contributed by atoms with Crippen LogP contribution in [0.3, 0.4) is 0 Å². The first-order valence-corrected chi connectivity index (χ1v) is 10.0. The topological polar surface area (TPSA) is 49.8 Å². The van der Waals surface area contributed by atoms with Crippen molar-refractivity contribution in [3.8, 4) is 5.75 Å². The average molecular weight is 380 g/mol. The van der Waals surface area contributed by atoms with Gasteiger partial charge >= 0.3 is 5.97 Å². The second kappa shape index (κ2) is 10.1. The highest BCUT2D eigenvalue weighted by molar-refractivity contribution is 5.70. The maximum Gasteiger partial charge on any atom is 0.304 e. The summed E-state index contributed by atoms with van der Waals surface area (Å²) in [6, 6.07) is 16.8. The first-order valence-electron chi connectivity index (χ1n) is 10.0. The fraction of sp³-hybridized carbons (Fsp3) is 0.375. The highest BCUT2D eigenvalue weighted by atomic mass is 16.5. The molecule has 0 spiro atoms. The van der Waals surface area contributed by atoms with Crippen molar-refractivity contribution in [2.24, 2.45) is 0 Å². The van der Waals surface area contributed by atoms with Gasteiger partial charge in [-0.25, -0.2) is 0 Å². The number of nitrogens with zero attached hydrogens (tertiary/aromatic N) is 1. The summed E-state index contributed by atoms with van der Waals surface area (Å²) in [5, 5.41) is 8.82. The van der Waals surface area contributed by atoms with E-state index in [1.54, 1.807) is 0 Å². The summed E-state index contributed by atoms with van der Waals surface area (Å²) in [7, 11) is 0. The van der Waals surface area contributed by atoms with E-state index in [0.717, 1.165) is 44.7 Å². The first-order chi connectivity index (χ1) is 13.6. The zero-order valence-corrected chi connectivity index (χ0v) is 16.6. The Morgan fingerprint density at radius 2 is 2.00 bits per heavy atom. The first kappa shape index (κ1) is 20.2. The molecule has 0 atom stereocenters. The van der Waals surface area contributed by atoms with Crippen molar-refractivity contribution >= 4 is 11.5 Å². The Balaban J connectivity index is 1.49. The van der Waals surface area contributed by atoms with Crippen LogP contribution < -0.4 is 4.74 Å². The monoisotopic (exact) mass is 379 g/mol. The second-order valence-corrected chi connectivity index (χ2v) is 7.34. The fourth-order valence-corrected chi connectivity index (χ4v) is 3.61. The summed E-state index contributed by atoms with van der Waals surface area (Å²) in [4.78, 5) is 12.9. The molecular weight excluding hydrogens is 350 g/mol. The zero-order valence-electron chi connectivity index (χ0n) is 16.6. The predicted molar refractivity (Wildman–Crippen MR) is 113 cm³/mol. The maximum absolute atomic E-state index is 10.7. The van der Waals surface area contributed by atoms with Gasteiger partial charge in [-0.2, -0.15) is 0 Å². The van der Waals surface area contributed by atoms with Gasteiger partial charge in [0, 0.05) is 19.6 Å².